The van der Waals surface area contributed by atoms with Gasteiger partial charge in [-0.15, -0.1) is 0 Å². The molecular weight excluding hydrogens is 390 g/mol. The molecule has 3 heteroatoms. The number of aryl methyl sites for hydroxylation is 3. The SMILES string of the molecule is [C-]#[N+]c1cccc2c3cc(C)c(C)c4c3n(c3cc(CC(C)C)cc5cc[n+](C)c4c53)c12. The predicted octanol–water partition coefficient (Wildman–Crippen LogP) is 7.18. The molecule has 0 saturated carbocycles. The largest absolute Gasteiger partial charge is 0.317 e. The van der Waals surface area contributed by atoms with Crippen molar-refractivity contribution in [2.75, 3.05) is 0 Å². The lowest BCUT2D eigenvalue weighted by atomic mass is 9.94. The van der Waals surface area contributed by atoms with E-state index in [1.165, 1.54) is 54.8 Å². The van der Waals surface area contributed by atoms with Crippen molar-refractivity contribution in [2.45, 2.75) is 34.1 Å². The Morgan fingerprint density at radius 2 is 1.81 bits per heavy atom. The lowest BCUT2D eigenvalue weighted by Gasteiger charge is -2.16. The van der Waals surface area contributed by atoms with E-state index in [1.54, 1.807) is 0 Å². The number of hydrogen-bond donors (Lipinski definition) is 0. The number of rotatable bonds is 2. The standard InChI is InChI=1S/C29H26N3/c1-16(2)12-19-14-20-10-11-31(6)29-25-18(4)17(3)13-22-21-8-7-9-23(30-5)27(21)32(28(22)25)24(15-19)26(20)29/h7-11,13-16H,12H2,1-4,6H3/q+1. The quantitative estimate of drug-likeness (QED) is 0.123. The summed E-state index contributed by atoms with van der Waals surface area (Å²) in [5.74, 6) is 0.583. The summed E-state index contributed by atoms with van der Waals surface area (Å²) >= 11 is 0. The normalized spacial score (nSPS) is 12.3. The summed E-state index contributed by atoms with van der Waals surface area (Å²) in [4.78, 5) is 3.93. The van der Waals surface area contributed by atoms with Gasteiger partial charge < -0.3 is 4.40 Å². The van der Waals surface area contributed by atoms with Gasteiger partial charge in [-0.2, -0.15) is 0 Å². The van der Waals surface area contributed by atoms with Crippen LogP contribution in [-0.2, 0) is 13.5 Å². The van der Waals surface area contributed by atoms with Crippen molar-refractivity contribution in [1.29, 1.82) is 0 Å². The number of para-hydroxylation sites is 1. The fraction of sp³-hybridized carbons (Fsp3) is 0.241. The van der Waals surface area contributed by atoms with Crippen LogP contribution in [0.1, 0.15) is 30.5 Å². The van der Waals surface area contributed by atoms with Crippen molar-refractivity contribution in [3.8, 4) is 0 Å². The summed E-state index contributed by atoms with van der Waals surface area (Å²) < 4.78 is 4.66. The zero-order valence-corrected chi connectivity index (χ0v) is 19.2. The Morgan fingerprint density at radius 3 is 2.56 bits per heavy atom. The highest BCUT2D eigenvalue weighted by Crippen LogP contribution is 2.44. The minimum atomic E-state index is 0.583. The van der Waals surface area contributed by atoms with Gasteiger partial charge in [0.05, 0.1) is 33.9 Å². The number of hydrogen-bond acceptors (Lipinski definition) is 0. The Hall–Kier alpha value is -3.64. The van der Waals surface area contributed by atoms with Crippen molar-refractivity contribution in [2.24, 2.45) is 13.0 Å². The Kier molecular flexibility index (Phi) is 3.84. The molecule has 0 bridgehead atoms. The van der Waals surface area contributed by atoms with Gasteiger partial charge in [0, 0.05) is 11.5 Å². The van der Waals surface area contributed by atoms with E-state index in [4.69, 9.17) is 6.57 Å². The molecule has 3 aromatic heterocycles. The Balaban J connectivity index is 2.05. The van der Waals surface area contributed by atoms with E-state index >= 15 is 0 Å². The molecule has 3 heterocycles. The minimum Gasteiger partial charge on any atom is -0.317 e. The van der Waals surface area contributed by atoms with Crippen molar-refractivity contribution < 1.29 is 4.57 Å². The molecule has 0 saturated heterocycles. The number of aromatic nitrogens is 2. The molecule has 156 valence electrons. The van der Waals surface area contributed by atoms with E-state index in [1.807, 2.05) is 12.1 Å². The molecule has 3 nitrogen and oxygen atoms in total. The van der Waals surface area contributed by atoms with Crippen LogP contribution in [0.5, 0.6) is 0 Å². The van der Waals surface area contributed by atoms with Crippen molar-refractivity contribution in [1.82, 2.24) is 4.40 Å². The van der Waals surface area contributed by atoms with Crippen LogP contribution in [0.3, 0.4) is 0 Å². The van der Waals surface area contributed by atoms with Crippen LogP contribution >= 0.6 is 0 Å². The van der Waals surface area contributed by atoms with Crippen LogP contribution in [0.15, 0.2) is 48.7 Å². The molecule has 6 rings (SSSR count). The lowest BCUT2D eigenvalue weighted by molar-refractivity contribution is -0.643. The first-order chi connectivity index (χ1) is 15.4. The number of nitrogens with zero attached hydrogens (tertiary/aromatic N) is 3. The highest BCUT2D eigenvalue weighted by Gasteiger charge is 2.25. The molecule has 0 atom stereocenters. The van der Waals surface area contributed by atoms with Gasteiger partial charge in [-0.3, -0.25) is 0 Å². The molecule has 0 amide bonds. The van der Waals surface area contributed by atoms with Crippen LogP contribution in [0.25, 0.3) is 53.8 Å². The summed E-state index contributed by atoms with van der Waals surface area (Å²) in [7, 11) is 2.15. The maximum absolute atomic E-state index is 7.89. The summed E-state index contributed by atoms with van der Waals surface area (Å²) in [6.07, 6.45) is 3.23. The van der Waals surface area contributed by atoms with Gasteiger partial charge in [-0.05, 0) is 65.8 Å². The highest BCUT2D eigenvalue weighted by atomic mass is 15.0. The fourth-order valence-corrected chi connectivity index (χ4v) is 5.67. The molecule has 0 spiro atoms. The second kappa shape index (κ2) is 6.43. The Bertz CT molecular complexity index is 1760. The molecule has 0 aliphatic heterocycles. The molecule has 0 unspecified atom stereocenters. The molecule has 6 aromatic rings. The van der Waals surface area contributed by atoms with Gasteiger partial charge >= 0.3 is 0 Å². The summed E-state index contributed by atoms with van der Waals surface area (Å²) in [5, 5.41) is 6.25. The van der Waals surface area contributed by atoms with Crippen LogP contribution in [0.4, 0.5) is 5.69 Å². The zero-order chi connectivity index (χ0) is 22.3. The van der Waals surface area contributed by atoms with E-state index in [0.29, 0.717) is 11.6 Å². The van der Waals surface area contributed by atoms with Crippen LogP contribution in [0, 0.1) is 26.3 Å². The second-order valence-corrected chi connectivity index (χ2v) is 9.66. The third-order valence-corrected chi connectivity index (χ3v) is 7.09. The van der Waals surface area contributed by atoms with Gasteiger partial charge in [0.25, 0.3) is 0 Å². The maximum atomic E-state index is 7.89. The molecule has 3 aromatic carbocycles. The molecule has 32 heavy (non-hydrogen) atoms. The van der Waals surface area contributed by atoms with E-state index in [2.05, 4.69) is 85.1 Å². The van der Waals surface area contributed by atoms with Crippen molar-refractivity contribution in [3.63, 3.8) is 0 Å². The molecule has 0 aliphatic rings. The molecule has 0 fully saturated rings. The van der Waals surface area contributed by atoms with Gasteiger partial charge in [-0.1, -0.05) is 38.1 Å². The first-order valence-corrected chi connectivity index (χ1v) is 11.3. The Labute approximate surface area is 187 Å². The van der Waals surface area contributed by atoms with Gasteiger partial charge in [0.2, 0.25) is 11.2 Å². The number of fused-ring (bicyclic) bond motifs is 5. The molecule has 0 aliphatic carbocycles. The van der Waals surface area contributed by atoms with E-state index in [-0.39, 0.29) is 0 Å². The van der Waals surface area contributed by atoms with Crippen molar-refractivity contribution >= 4 is 54.7 Å². The second-order valence-electron chi connectivity index (χ2n) is 9.66. The highest BCUT2D eigenvalue weighted by molar-refractivity contribution is 6.27. The third kappa shape index (κ3) is 2.33. The zero-order valence-electron chi connectivity index (χ0n) is 19.2. The van der Waals surface area contributed by atoms with E-state index in [0.717, 1.165) is 17.3 Å². The van der Waals surface area contributed by atoms with E-state index in [9.17, 15) is 0 Å². The van der Waals surface area contributed by atoms with Crippen LogP contribution in [-0.4, -0.2) is 4.40 Å². The summed E-state index contributed by atoms with van der Waals surface area (Å²) in [6, 6.07) is 15.4. The average molecular weight is 417 g/mol. The Morgan fingerprint density at radius 1 is 1.00 bits per heavy atom. The average Bonchev–Trinajstić information content (AvgIpc) is 3.09. The molecular formula is C29H26N3+. The van der Waals surface area contributed by atoms with Gasteiger partial charge in [0.15, 0.2) is 6.20 Å². The summed E-state index contributed by atoms with van der Waals surface area (Å²) in [5.41, 5.74) is 9.41. The molecule has 0 radical (unpaired) electrons. The number of benzene rings is 3. The fourth-order valence-electron chi connectivity index (χ4n) is 5.67. The topological polar surface area (TPSA) is 12.6 Å². The van der Waals surface area contributed by atoms with Gasteiger partial charge in [-0.25, -0.2) is 9.41 Å². The smallest absolute Gasteiger partial charge is 0.224 e. The maximum Gasteiger partial charge on any atom is 0.224 e. The first kappa shape index (κ1) is 19.1. The van der Waals surface area contributed by atoms with Crippen molar-refractivity contribution in [3.05, 3.63) is 76.8 Å². The summed E-state index contributed by atoms with van der Waals surface area (Å²) in [6.45, 7) is 16.9. The lowest BCUT2D eigenvalue weighted by Crippen LogP contribution is -2.29. The minimum absolute atomic E-state index is 0.583. The van der Waals surface area contributed by atoms with Gasteiger partial charge in [0.1, 0.15) is 7.05 Å². The first-order valence-electron chi connectivity index (χ1n) is 11.3. The molecule has 0 N–H and O–H groups in total. The predicted molar refractivity (Wildman–Crippen MR) is 134 cm³/mol. The monoisotopic (exact) mass is 416 g/mol. The van der Waals surface area contributed by atoms with Crippen LogP contribution < -0.4 is 4.57 Å². The van der Waals surface area contributed by atoms with E-state index < -0.39 is 0 Å². The van der Waals surface area contributed by atoms with Crippen LogP contribution in [0.2, 0.25) is 0 Å². The number of pyridine rings is 2. The third-order valence-electron chi connectivity index (χ3n) is 7.09.